The molecular formula is C22H22FNO6S. The van der Waals surface area contributed by atoms with E-state index in [0.717, 1.165) is 5.56 Å². The second-order valence-corrected chi connectivity index (χ2v) is 7.98. The normalized spacial score (nSPS) is 15.8. The van der Waals surface area contributed by atoms with Gasteiger partial charge in [0, 0.05) is 11.3 Å². The van der Waals surface area contributed by atoms with Gasteiger partial charge in [0.2, 0.25) is 5.91 Å². The van der Waals surface area contributed by atoms with Crippen LogP contribution in [0.15, 0.2) is 36.4 Å². The Bertz CT molecular complexity index is 994. The predicted molar refractivity (Wildman–Crippen MR) is 114 cm³/mol. The van der Waals surface area contributed by atoms with Gasteiger partial charge in [0.15, 0.2) is 0 Å². The molecule has 3 rings (SSSR count). The Balaban J connectivity index is 1.96. The fourth-order valence-corrected chi connectivity index (χ4v) is 4.48. The summed E-state index contributed by atoms with van der Waals surface area (Å²) < 4.78 is 23.3. The highest BCUT2D eigenvalue weighted by Crippen LogP contribution is 2.43. The molecule has 1 heterocycles. The molecule has 9 heteroatoms. The number of anilines is 1. The van der Waals surface area contributed by atoms with E-state index in [1.54, 1.807) is 30.0 Å². The Hall–Kier alpha value is -3.07. The maximum absolute atomic E-state index is 13.3. The van der Waals surface area contributed by atoms with Gasteiger partial charge in [-0.25, -0.2) is 14.0 Å². The Kier molecular flexibility index (Phi) is 7.17. The van der Waals surface area contributed by atoms with Crippen LogP contribution in [-0.4, -0.2) is 35.5 Å². The molecule has 0 spiro atoms. The van der Waals surface area contributed by atoms with E-state index in [-0.39, 0.29) is 47.2 Å². The second kappa shape index (κ2) is 9.82. The first-order valence-electron chi connectivity index (χ1n) is 9.68. The Morgan fingerprint density at radius 2 is 1.90 bits per heavy atom. The molecule has 1 amide bonds. The molecule has 1 unspecified atom stereocenters. The number of amides is 1. The van der Waals surface area contributed by atoms with Gasteiger partial charge in [0.1, 0.15) is 17.8 Å². The number of nitrogens with zero attached hydrogens (tertiary/aromatic N) is 1. The maximum atomic E-state index is 13.3. The lowest BCUT2D eigenvalue weighted by Crippen LogP contribution is -2.29. The lowest BCUT2D eigenvalue weighted by molar-refractivity contribution is -0.115. The number of benzene rings is 2. The molecule has 0 radical (unpaired) electrons. The number of ether oxygens (including phenoxy) is 2. The SMILES string of the molecule is CCCOC(=O)OCc1c(C(=O)O)ccc(N2C(=O)CSC2c2ccc(F)cc2)c1C. The molecule has 1 aliphatic heterocycles. The zero-order valence-electron chi connectivity index (χ0n) is 17.1. The van der Waals surface area contributed by atoms with E-state index < -0.39 is 12.1 Å². The molecule has 0 aromatic heterocycles. The Morgan fingerprint density at radius 3 is 2.55 bits per heavy atom. The van der Waals surface area contributed by atoms with Crippen molar-refractivity contribution in [3.05, 3.63) is 64.5 Å². The van der Waals surface area contributed by atoms with Crippen molar-refractivity contribution >= 4 is 35.5 Å². The molecule has 164 valence electrons. The summed E-state index contributed by atoms with van der Waals surface area (Å²) in [6, 6.07) is 8.86. The summed E-state index contributed by atoms with van der Waals surface area (Å²) in [6.07, 6.45) is -0.260. The molecule has 31 heavy (non-hydrogen) atoms. The topological polar surface area (TPSA) is 93.1 Å². The fourth-order valence-electron chi connectivity index (χ4n) is 3.31. The zero-order valence-corrected chi connectivity index (χ0v) is 17.9. The van der Waals surface area contributed by atoms with Crippen LogP contribution in [0.2, 0.25) is 0 Å². The van der Waals surface area contributed by atoms with Crippen molar-refractivity contribution in [3.63, 3.8) is 0 Å². The number of rotatable bonds is 7. The van der Waals surface area contributed by atoms with Crippen molar-refractivity contribution in [2.75, 3.05) is 17.3 Å². The van der Waals surface area contributed by atoms with Crippen molar-refractivity contribution in [3.8, 4) is 0 Å². The summed E-state index contributed by atoms with van der Waals surface area (Å²) in [5.74, 6) is -1.47. The first-order valence-corrected chi connectivity index (χ1v) is 10.7. The summed E-state index contributed by atoms with van der Waals surface area (Å²) in [6.45, 7) is 3.41. The van der Waals surface area contributed by atoms with Crippen LogP contribution in [0, 0.1) is 12.7 Å². The van der Waals surface area contributed by atoms with E-state index in [4.69, 9.17) is 9.47 Å². The number of carbonyl (C=O) groups excluding carboxylic acids is 2. The van der Waals surface area contributed by atoms with Gasteiger partial charge in [-0.2, -0.15) is 0 Å². The van der Waals surface area contributed by atoms with Gasteiger partial charge in [0.25, 0.3) is 0 Å². The summed E-state index contributed by atoms with van der Waals surface area (Å²) >= 11 is 1.40. The van der Waals surface area contributed by atoms with Crippen molar-refractivity contribution in [1.82, 2.24) is 0 Å². The van der Waals surface area contributed by atoms with Crippen LogP contribution in [0.4, 0.5) is 14.9 Å². The molecule has 2 aromatic rings. The quantitative estimate of drug-likeness (QED) is 0.616. The number of hydrogen-bond acceptors (Lipinski definition) is 6. The smallest absolute Gasteiger partial charge is 0.478 e. The first kappa shape index (κ1) is 22.6. The third-order valence-electron chi connectivity index (χ3n) is 4.84. The van der Waals surface area contributed by atoms with E-state index >= 15 is 0 Å². The van der Waals surface area contributed by atoms with E-state index in [0.29, 0.717) is 17.7 Å². The number of carbonyl (C=O) groups is 3. The van der Waals surface area contributed by atoms with Crippen molar-refractivity contribution in [2.24, 2.45) is 0 Å². The van der Waals surface area contributed by atoms with Crippen LogP contribution in [-0.2, 0) is 20.9 Å². The molecule has 1 atom stereocenters. The number of hydrogen-bond donors (Lipinski definition) is 1. The lowest BCUT2D eigenvalue weighted by Gasteiger charge is -2.27. The molecule has 1 aliphatic rings. The van der Waals surface area contributed by atoms with Crippen LogP contribution in [0.1, 0.15) is 45.8 Å². The van der Waals surface area contributed by atoms with E-state index in [2.05, 4.69) is 0 Å². The number of halogens is 1. The summed E-state index contributed by atoms with van der Waals surface area (Å²) in [4.78, 5) is 37.7. The predicted octanol–water partition coefficient (Wildman–Crippen LogP) is 4.67. The number of carboxylic acids is 1. The van der Waals surface area contributed by atoms with E-state index in [9.17, 15) is 23.9 Å². The third kappa shape index (κ3) is 4.99. The highest BCUT2D eigenvalue weighted by atomic mass is 32.2. The molecule has 1 fully saturated rings. The molecule has 2 aromatic carbocycles. The molecule has 1 saturated heterocycles. The minimum Gasteiger partial charge on any atom is -0.478 e. The zero-order chi connectivity index (χ0) is 22.5. The molecular weight excluding hydrogens is 425 g/mol. The molecule has 0 aliphatic carbocycles. The minimum absolute atomic E-state index is 0.0258. The second-order valence-electron chi connectivity index (χ2n) is 6.91. The molecule has 1 N–H and O–H groups in total. The van der Waals surface area contributed by atoms with Crippen molar-refractivity contribution in [2.45, 2.75) is 32.2 Å². The standard InChI is InChI=1S/C22H22FNO6S/c1-3-10-29-22(28)30-11-17-13(2)18(9-8-16(17)21(26)27)24-19(25)12-31-20(24)14-4-6-15(23)7-5-14/h4-9,20H,3,10-12H2,1-2H3,(H,26,27). The summed E-state index contributed by atoms with van der Waals surface area (Å²) in [7, 11) is 0. The van der Waals surface area contributed by atoms with Crippen LogP contribution < -0.4 is 4.90 Å². The third-order valence-corrected chi connectivity index (χ3v) is 6.05. The van der Waals surface area contributed by atoms with E-state index in [1.807, 2.05) is 6.92 Å². The van der Waals surface area contributed by atoms with Gasteiger partial charge in [-0.05, 0) is 48.7 Å². The van der Waals surface area contributed by atoms with Gasteiger partial charge in [-0.3, -0.25) is 9.69 Å². The maximum Gasteiger partial charge on any atom is 0.508 e. The number of carboxylic acid groups (broad SMARTS) is 1. The lowest BCUT2D eigenvalue weighted by atomic mass is 9.99. The highest BCUT2D eigenvalue weighted by molar-refractivity contribution is 8.00. The van der Waals surface area contributed by atoms with Crippen LogP contribution in [0.5, 0.6) is 0 Å². The van der Waals surface area contributed by atoms with Gasteiger partial charge in [-0.1, -0.05) is 19.1 Å². The molecule has 0 bridgehead atoms. The monoisotopic (exact) mass is 447 g/mol. The molecule has 0 saturated carbocycles. The fraction of sp³-hybridized carbons (Fsp3) is 0.318. The van der Waals surface area contributed by atoms with E-state index in [1.165, 1.54) is 30.0 Å². The first-order chi connectivity index (χ1) is 14.8. The van der Waals surface area contributed by atoms with Gasteiger partial charge < -0.3 is 14.6 Å². The van der Waals surface area contributed by atoms with Crippen LogP contribution in [0.3, 0.4) is 0 Å². The van der Waals surface area contributed by atoms with Gasteiger partial charge in [0.05, 0.1) is 17.9 Å². The van der Waals surface area contributed by atoms with Gasteiger partial charge in [-0.15, -0.1) is 11.8 Å². The largest absolute Gasteiger partial charge is 0.508 e. The Labute approximate surface area is 183 Å². The highest BCUT2D eigenvalue weighted by Gasteiger charge is 2.35. The van der Waals surface area contributed by atoms with Gasteiger partial charge >= 0.3 is 12.1 Å². The van der Waals surface area contributed by atoms with Crippen molar-refractivity contribution < 1.29 is 33.4 Å². The van der Waals surface area contributed by atoms with Crippen LogP contribution >= 0.6 is 11.8 Å². The summed E-state index contributed by atoms with van der Waals surface area (Å²) in [5, 5.41) is 9.19. The Morgan fingerprint density at radius 1 is 1.19 bits per heavy atom. The average Bonchev–Trinajstić information content (AvgIpc) is 3.12. The number of thioether (sulfide) groups is 1. The molecule has 7 nitrogen and oxygen atoms in total. The summed E-state index contributed by atoms with van der Waals surface area (Å²) in [5.41, 5.74) is 2.02. The van der Waals surface area contributed by atoms with Crippen LogP contribution in [0.25, 0.3) is 0 Å². The minimum atomic E-state index is -1.17. The van der Waals surface area contributed by atoms with Crippen molar-refractivity contribution in [1.29, 1.82) is 0 Å². The number of aromatic carboxylic acids is 1. The average molecular weight is 447 g/mol.